The van der Waals surface area contributed by atoms with E-state index in [1.165, 1.54) is 4.88 Å². The molecule has 20 heavy (non-hydrogen) atoms. The second-order valence-corrected chi connectivity index (χ2v) is 6.72. The maximum Gasteiger partial charge on any atom is 0.216 e. The molecule has 5 heteroatoms. The highest BCUT2D eigenvalue weighted by molar-refractivity contribution is 7.10. The van der Waals surface area contributed by atoms with E-state index < -0.39 is 0 Å². The molecule has 3 N–H and O–H groups in total. The molecule has 2 heterocycles. The van der Waals surface area contributed by atoms with Crippen molar-refractivity contribution in [3.63, 3.8) is 0 Å². The van der Waals surface area contributed by atoms with Gasteiger partial charge < -0.3 is 11.1 Å². The molecule has 4 nitrogen and oxygen atoms in total. The zero-order chi connectivity index (χ0) is 14.5. The van der Waals surface area contributed by atoms with Gasteiger partial charge in [0.05, 0.1) is 6.04 Å². The smallest absolute Gasteiger partial charge is 0.216 e. The summed E-state index contributed by atoms with van der Waals surface area (Å²) < 4.78 is 0. The summed E-state index contributed by atoms with van der Waals surface area (Å²) in [6, 6.07) is 4.75. The Labute approximate surface area is 125 Å². The Hall–Kier alpha value is -0.910. The molecule has 2 rings (SSSR count). The number of piperidine rings is 1. The molecular weight excluding hydrogens is 270 g/mol. The van der Waals surface area contributed by atoms with Crippen molar-refractivity contribution in [2.24, 2.45) is 11.7 Å². The fraction of sp³-hybridized carbons (Fsp3) is 0.667. The van der Waals surface area contributed by atoms with Crippen LogP contribution in [0, 0.1) is 5.92 Å². The summed E-state index contributed by atoms with van der Waals surface area (Å²) in [5, 5.41) is 5.05. The van der Waals surface area contributed by atoms with Crippen molar-refractivity contribution in [1.82, 2.24) is 10.2 Å². The first-order valence-corrected chi connectivity index (χ1v) is 8.23. The SMILES string of the molecule is CC(=O)NCC1CCN(C(c2cccs2)C(C)N)CC1. The molecule has 1 aliphatic heterocycles. The van der Waals surface area contributed by atoms with Crippen LogP contribution in [0.15, 0.2) is 17.5 Å². The molecule has 1 amide bonds. The van der Waals surface area contributed by atoms with Gasteiger partial charge in [-0.2, -0.15) is 0 Å². The van der Waals surface area contributed by atoms with Crippen LogP contribution in [-0.2, 0) is 4.79 Å². The highest BCUT2D eigenvalue weighted by Gasteiger charge is 2.28. The molecule has 2 atom stereocenters. The van der Waals surface area contributed by atoms with Gasteiger partial charge in [0.1, 0.15) is 0 Å². The number of amides is 1. The topological polar surface area (TPSA) is 58.4 Å². The molecule has 0 spiro atoms. The predicted molar refractivity (Wildman–Crippen MR) is 83.7 cm³/mol. The lowest BCUT2D eigenvalue weighted by Gasteiger charge is -2.39. The lowest BCUT2D eigenvalue weighted by molar-refractivity contribution is -0.119. The van der Waals surface area contributed by atoms with E-state index in [4.69, 9.17) is 5.73 Å². The largest absolute Gasteiger partial charge is 0.356 e. The van der Waals surface area contributed by atoms with E-state index >= 15 is 0 Å². The van der Waals surface area contributed by atoms with Crippen molar-refractivity contribution in [3.05, 3.63) is 22.4 Å². The highest BCUT2D eigenvalue weighted by atomic mass is 32.1. The second-order valence-electron chi connectivity index (χ2n) is 5.74. The first-order valence-electron chi connectivity index (χ1n) is 7.35. The van der Waals surface area contributed by atoms with Crippen LogP contribution in [0.5, 0.6) is 0 Å². The van der Waals surface area contributed by atoms with Gasteiger partial charge in [-0.05, 0) is 50.2 Å². The van der Waals surface area contributed by atoms with Gasteiger partial charge in [-0.25, -0.2) is 0 Å². The maximum absolute atomic E-state index is 11.0. The summed E-state index contributed by atoms with van der Waals surface area (Å²) in [6.45, 7) is 6.61. The first kappa shape index (κ1) is 15.5. The number of nitrogens with one attached hydrogen (secondary N) is 1. The van der Waals surface area contributed by atoms with Gasteiger partial charge in [0.25, 0.3) is 0 Å². The summed E-state index contributed by atoms with van der Waals surface area (Å²) in [7, 11) is 0. The average Bonchev–Trinajstić information content (AvgIpc) is 2.91. The molecule has 0 saturated carbocycles. The van der Waals surface area contributed by atoms with Crippen molar-refractivity contribution in [3.8, 4) is 0 Å². The van der Waals surface area contributed by atoms with Crippen LogP contribution >= 0.6 is 11.3 Å². The van der Waals surface area contributed by atoms with Crippen LogP contribution in [0.3, 0.4) is 0 Å². The van der Waals surface area contributed by atoms with E-state index in [0.717, 1.165) is 32.5 Å². The number of nitrogens with two attached hydrogens (primary N) is 1. The molecule has 1 fully saturated rings. The summed E-state index contributed by atoms with van der Waals surface area (Å²) in [4.78, 5) is 14.8. The Balaban J connectivity index is 1.89. The number of hydrogen-bond donors (Lipinski definition) is 2. The Morgan fingerprint density at radius 2 is 2.25 bits per heavy atom. The van der Waals surface area contributed by atoms with Crippen molar-refractivity contribution < 1.29 is 4.79 Å². The maximum atomic E-state index is 11.0. The first-order chi connectivity index (χ1) is 9.58. The van der Waals surface area contributed by atoms with Crippen molar-refractivity contribution in [2.45, 2.75) is 38.8 Å². The third kappa shape index (κ3) is 4.04. The summed E-state index contributed by atoms with van der Waals surface area (Å²) >= 11 is 1.79. The van der Waals surface area contributed by atoms with Crippen LogP contribution in [0.4, 0.5) is 0 Å². The zero-order valence-electron chi connectivity index (χ0n) is 12.3. The van der Waals surface area contributed by atoms with E-state index in [1.54, 1.807) is 18.3 Å². The normalized spacial score (nSPS) is 20.6. The Morgan fingerprint density at radius 3 is 2.75 bits per heavy atom. The van der Waals surface area contributed by atoms with Crippen LogP contribution < -0.4 is 11.1 Å². The third-order valence-corrected chi connectivity index (χ3v) is 4.96. The summed E-state index contributed by atoms with van der Waals surface area (Å²) in [5.41, 5.74) is 6.20. The molecule has 1 aromatic rings. The van der Waals surface area contributed by atoms with Crippen molar-refractivity contribution in [1.29, 1.82) is 0 Å². The fourth-order valence-corrected chi connectivity index (χ4v) is 3.93. The number of carbonyl (C=O) groups excluding carboxylic acids is 1. The van der Waals surface area contributed by atoms with E-state index in [0.29, 0.717) is 12.0 Å². The van der Waals surface area contributed by atoms with Crippen molar-refractivity contribution >= 4 is 17.2 Å². The van der Waals surface area contributed by atoms with Crippen LogP contribution in [0.2, 0.25) is 0 Å². The number of rotatable bonds is 5. The standard InChI is InChI=1S/C15H25N3OS/c1-11(16)15(14-4-3-9-20-14)18-7-5-13(6-8-18)10-17-12(2)19/h3-4,9,11,13,15H,5-8,10,16H2,1-2H3,(H,17,19). The van der Waals surface area contributed by atoms with Gasteiger partial charge in [-0.15, -0.1) is 11.3 Å². The Morgan fingerprint density at radius 1 is 1.55 bits per heavy atom. The van der Waals surface area contributed by atoms with Gasteiger partial charge in [-0.3, -0.25) is 9.69 Å². The number of carbonyl (C=O) groups is 1. The van der Waals surface area contributed by atoms with Gasteiger partial charge in [0, 0.05) is 24.4 Å². The average molecular weight is 295 g/mol. The minimum absolute atomic E-state index is 0.0690. The van der Waals surface area contributed by atoms with Gasteiger partial charge in [-0.1, -0.05) is 6.07 Å². The predicted octanol–water partition coefficient (Wildman–Crippen LogP) is 1.98. The number of likely N-dealkylation sites (tertiary alicyclic amines) is 1. The molecular formula is C15H25N3OS. The van der Waals surface area contributed by atoms with Gasteiger partial charge in [0.15, 0.2) is 0 Å². The number of thiophene rings is 1. The molecule has 0 aliphatic carbocycles. The Bertz CT molecular complexity index is 411. The number of nitrogens with zero attached hydrogens (tertiary/aromatic N) is 1. The van der Waals surface area contributed by atoms with Gasteiger partial charge in [0.2, 0.25) is 5.91 Å². The number of hydrogen-bond acceptors (Lipinski definition) is 4. The van der Waals surface area contributed by atoms with E-state index in [2.05, 4.69) is 34.7 Å². The van der Waals surface area contributed by atoms with E-state index in [9.17, 15) is 4.79 Å². The quantitative estimate of drug-likeness (QED) is 0.873. The lowest BCUT2D eigenvalue weighted by atomic mass is 9.94. The van der Waals surface area contributed by atoms with Crippen molar-refractivity contribution in [2.75, 3.05) is 19.6 Å². The monoisotopic (exact) mass is 295 g/mol. The zero-order valence-corrected chi connectivity index (χ0v) is 13.2. The third-order valence-electron chi connectivity index (χ3n) is 4.01. The summed E-state index contributed by atoms with van der Waals surface area (Å²) in [6.07, 6.45) is 2.27. The van der Waals surface area contributed by atoms with Gasteiger partial charge >= 0.3 is 0 Å². The minimum atomic E-state index is 0.0690. The van der Waals surface area contributed by atoms with E-state index in [-0.39, 0.29) is 11.9 Å². The molecule has 1 saturated heterocycles. The second kappa shape index (κ2) is 7.20. The highest BCUT2D eigenvalue weighted by Crippen LogP contribution is 2.31. The minimum Gasteiger partial charge on any atom is -0.356 e. The molecule has 0 radical (unpaired) electrons. The molecule has 1 aromatic heterocycles. The molecule has 0 aromatic carbocycles. The Kier molecular flexibility index (Phi) is 5.57. The van der Waals surface area contributed by atoms with Crippen LogP contribution in [0.1, 0.15) is 37.6 Å². The molecule has 1 aliphatic rings. The lowest BCUT2D eigenvalue weighted by Crippen LogP contribution is -2.44. The fourth-order valence-electron chi connectivity index (χ4n) is 2.95. The van der Waals surface area contributed by atoms with Crippen LogP contribution in [-0.4, -0.2) is 36.5 Å². The molecule has 0 bridgehead atoms. The van der Waals surface area contributed by atoms with Crippen LogP contribution in [0.25, 0.3) is 0 Å². The molecule has 2 unspecified atom stereocenters. The van der Waals surface area contributed by atoms with E-state index in [1.807, 2.05) is 0 Å². The summed E-state index contributed by atoms with van der Waals surface area (Å²) in [5.74, 6) is 0.673. The molecule has 112 valence electrons.